The molecule has 0 aliphatic heterocycles. The molecule has 2 nitrogen and oxygen atoms in total. The molecule has 0 aliphatic rings. The molecule has 96 valence electrons. The molecule has 0 saturated heterocycles. The number of aliphatic hydroxyl groups is 1. The second-order valence-electron chi connectivity index (χ2n) is 5.80. The van der Waals surface area contributed by atoms with E-state index in [4.69, 9.17) is 11.6 Å². The Morgan fingerprint density at radius 2 is 1.94 bits per heavy atom. The monoisotopic (exact) mass is 255 g/mol. The first-order chi connectivity index (χ1) is 7.70. The predicted molar refractivity (Wildman–Crippen MR) is 74.8 cm³/mol. The van der Waals surface area contributed by atoms with E-state index < -0.39 is 6.10 Å². The lowest BCUT2D eigenvalue weighted by Crippen LogP contribution is -2.29. The van der Waals surface area contributed by atoms with Gasteiger partial charge in [-0.25, -0.2) is 0 Å². The summed E-state index contributed by atoms with van der Waals surface area (Å²) in [6.07, 6.45) is -0.477. The van der Waals surface area contributed by atoms with Crippen LogP contribution >= 0.6 is 11.6 Å². The highest BCUT2D eigenvalue weighted by Crippen LogP contribution is 2.30. The van der Waals surface area contributed by atoms with Gasteiger partial charge in [0.1, 0.15) is 0 Å². The summed E-state index contributed by atoms with van der Waals surface area (Å²) in [7, 11) is 2.04. The molecule has 0 unspecified atom stereocenters. The lowest BCUT2D eigenvalue weighted by Gasteiger charge is -2.29. The number of rotatable bonds is 3. The third-order valence-corrected chi connectivity index (χ3v) is 2.88. The molecular weight excluding hydrogens is 234 g/mol. The minimum absolute atomic E-state index is 0.223. The van der Waals surface area contributed by atoms with E-state index >= 15 is 0 Å². The van der Waals surface area contributed by atoms with E-state index in [2.05, 4.69) is 25.7 Å². The molecule has 0 saturated carbocycles. The van der Waals surface area contributed by atoms with Gasteiger partial charge in [0.2, 0.25) is 0 Å². The van der Waals surface area contributed by atoms with Crippen LogP contribution in [-0.4, -0.2) is 18.7 Å². The SMILES string of the molecule is C[C@H](O)c1ccc(N(C)CC(C)(C)C)c(Cl)c1. The van der Waals surface area contributed by atoms with Crippen LogP contribution < -0.4 is 4.90 Å². The summed E-state index contributed by atoms with van der Waals surface area (Å²) >= 11 is 6.24. The molecule has 1 aromatic rings. The number of halogens is 1. The lowest BCUT2D eigenvalue weighted by atomic mass is 9.96. The Morgan fingerprint density at radius 3 is 2.35 bits per heavy atom. The van der Waals surface area contributed by atoms with Crippen molar-refractivity contribution in [1.29, 1.82) is 0 Å². The van der Waals surface area contributed by atoms with Gasteiger partial charge in [0.15, 0.2) is 0 Å². The van der Waals surface area contributed by atoms with Crippen molar-refractivity contribution >= 4 is 17.3 Å². The van der Waals surface area contributed by atoms with Gasteiger partial charge in [0.05, 0.1) is 16.8 Å². The third kappa shape index (κ3) is 4.21. The number of nitrogens with zero attached hydrogens (tertiary/aromatic N) is 1. The summed E-state index contributed by atoms with van der Waals surface area (Å²) in [4.78, 5) is 2.15. The van der Waals surface area contributed by atoms with Crippen LogP contribution in [0.2, 0.25) is 5.02 Å². The fraction of sp³-hybridized carbons (Fsp3) is 0.571. The Labute approximate surface area is 109 Å². The number of anilines is 1. The maximum atomic E-state index is 9.49. The molecule has 1 rings (SSSR count). The topological polar surface area (TPSA) is 23.5 Å². The van der Waals surface area contributed by atoms with Crippen molar-refractivity contribution in [2.75, 3.05) is 18.5 Å². The van der Waals surface area contributed by atoms with Gasteiger partial charge < -0.3 is 10.0 Å². The molecule has 0 aromatic heterocycles. The molecule has 0 aliphatic carbocycles. The molecule has 1 N–H and O–H groups in total. The molecule has 1 aromatic carbocycles. The van der Waals surface area contributed by atoms with E-state index in [1.54, 1.807) is 6.92 Å². The molecule has 0 heterocycles. The third-order valence-electron chi connectivity index (χ3n) is 2.58. The van der Waals surface area contributed by atoms with Crippen molar-refractivity contribution in [3.05, 3.63) is 28.8 Å². The fourth-order valence-corrected chi connectivity index (χ4v) is 2.22. The van der Waals surface area contributed by atoms with Crippen molar-refractivity contribution < 1.29 is 5.11 Å². The number of hydrogen-bond donors (Lipinski definition) is 1. The minimum Gasteiger partial charge on any atom is -0.389 e. The van der Waals surface area contributed by atoms with Crippen molar-refractivity contribution in [3.8, 4) is 0 Å². The van der Waals surface area contributed by atoms with Crippen LogP contribution in [0.4, 0.5) is 5.69 Å². The molecular formula is C14H22ClNO. The van der Waals surface area contributed by atoms with Crippen LogP contribution in [0, 0.1) is 5.41 Å². The molecule has 17 heavy (non-hydrogen) atoms. The number of aliphatic hydroxyl groups excluding tert-OH is 1. The Kier molecular flexibility index (Phi) is 4.45. The maximum absolute atomic E-state index is 9.49. The van der Waals surface area contributed by atoms with Gasteiger partial charge in [-0.3, -0.25) is 0 Å². The van der Waals surface area contributed by atoms with Crippen LogP contribution in [0.25, 0.3) is 0 Å². The summed E-state index contributed by atoms with van der Waals surface area (Å²) in [6.45, 7) is 9.26. The van der Waals surface area contributed by atoms with Crippen molar-refractivity contribution in [2.45, 2.75) is 33.8 Å². The highest BCUT2D eigenvalue weighted by atomic mass is 35.5. The first-order valence-electron chi connectivity index (χ1n) is 5.89. The van der Waals surface area contributed by atoms with Gasteiger partial charge >= 0.3 is 0 Å². The van der Waals surface area contributed by atoms with Crippen molar-refractivity contribution in [3.63, 3.8) is 0 Å². The van der Waals surface area contributed by atoms with Gasteiger partial charge in [0, 0.05) is 13.6 Å². The van der Waals surface area contributed by atoms with E-state index in [0.29, 0.717) is 5.02 Å². The summed E-state index contributed by atoms with van der Waals surface area (Å²) in [5.74, 6) is 0. The van der Waals surface area contributed by atoms with Crippen molar-refractivity contribution in [2.24, 2.45) is 5.41 Å². The number of hydrogen-bond acceptors (Lipinski definition) is 2. The van der Waals surface area contributed by atoms with Crippen molar-refractivity contribution in [1.82, 2.24) is 0 Å². The fourth-order valence-electron chi connectivity index (χ4n) is 1.89. The normalized spacial score (nSPS) is 13.6. The van der Waals surface area contributed by atoms with E-state index in [-0.39, 0.29) is 5.41 Å². The lowest BCUT2D eigenvalue weighted by molar-refractivity contribution is 0.199. The largest absolute Gasteiger partial charge is 0.389 e. The highest BCUT2D eigenvalue weighted by Gasteiger charge is 2.16. The zero-order chi connectivity index (χ0) is 13.2. The Bertz CT molecular complexity index is 382. The van der Waals surface area contributed by atoms with Gasteiger partial charge in [-0.15, -0.1) is 0 Å². The second kappa shape index (κ2) is 5.28. The average Bonchev–Trinajstić information content (AvgIpc) is 2.14. The summed E-state index contributed by atoms with van der Waals surface area (Å²) < 4.78 is 0. The molecule has 1 atom stereocenters. The van der Waals surface area contributed by atoms with Crippen LogP contribution in [0.1, 0.15) is 39.4 Å². The average molecular weight is 256 g/mol. The van der Waals surface area contributed by atoms with Crippen LogP contribution in [0.15, 0.2) is 18.2 Å². The highest BCUT2D eigenvalue weighted by molar-refractivity contribution is 6.33. The molecule has 0 spiro atoms. The molecule has 3 heteroatoms. The van der Waals surface area contributed by atoms with Crippen LogP contribution in [-0.2, 0) is 0 Å². The zero-order valence-electron chi connectivity index (χ0n) is 11.3. The number of benzene rings is 1. The van der Waals surface area contributed by atoms with Gasteiger partial charge in [-0.2, -0.15) is 0 Å². The minimum atomic E-state index is -0.477. The van der Waals surface area contributed by atoms with Crippen LogP contribution in [0.5, 0.6) is 0 Å². The standard InChI is InChI=1S/C14H22ClNO/c1-10(17)11-6-7-13(12(15)8-11)16(5)9-14(2,3)4/h6-8,10,17H,9H2,1-5H3/t10-/m0/s1. The predicted octanol–water partition coefficient (Wildman–Crippen LogP) is 3.88. The Hall–Kier alpha value is -0.730. The molecule has 0 radical (unpaired) electrons. The summed E-state index contributed by atoms with van der Waals surface area (Å²) in [5, 5.41) is 10.2. The summed E-state index contributed by atoms with van der Waals surface area (Å²) in [5.41, 5.74) is 2.08. The smallest absolute Gasteiger partial charge is 0.0762 e. The first kappa shape index (κ1) is 14.3. The second-order valence-corrected chi connectivity index (χ2v) is 6.21. The molecule has 0 fully saturated rings. The van der Waals surface area contributed by atoms with E-state index in [1.165, 1.54) is 0 Å². The first-order valence-corrected chi connectivity index (χ1v) is 6.27. The zero-order valence-corrected chi connectivity index (χ0v) is 12.0. The van der Waals surface area contributed by atoms with E-state index in [0.717, 1.165) is 17.8 Å². The Morgan fingerprint density at radius 1 is 1.35 bits per heavy atom. The Balaban J connectivity index is 2.92. The molecule has 0 bridgehead atoms. The van der Waals surface area contributed by atoms with Gasteiger partial charge in [-0.05, 0) is 30.0 Å². The van der Waals surface area contributed by atoms with E-state index in [9.17, 15) is 5.11 Å². The quantitative estimate of drug-likeness (QED) is 0.886. The van der Waals surface area contributed by atoms with Gasteiger partial charge in [-0.1, -0.05) is 38.4 Å². The van der Waals surface area contributed by atoms with Gasteiger partial charge in [0.25, 0.3) is 0 Å². The summed E-state index contributed by atoms with van der Waals surface area (Å²) in [6, 6.07) is 5.72. The molecule has 0 amide bonds. The van der Waals surface area contributed by atoms with E-state index in [1.807, 2.05) is 25.2 Å². The maximum Gasteiger partial charge on any atom is 0.0762 e. The van der Waals surface area contributed by atoms with Crippen LogP contribution in [0.3, 0.4) is 0 Å².